The van der Waals surface area contributed by atoms with Gasteiger partial charge in [0.15, 0.2) is 0 Å². The monoisotopic (exact) mass is 292 g/mol. The first-order valence-electron chi connectivity index (χ1n) is 7.19. The number of rotatable bonds is 8. The van der Waals surface area contributed by atoms with Crippen molar-refractivity contribution >= 4 is 11.3 Å². The van der Waals surface area contributed by atoms with Crippen molar-refractivity contribution in [3.05, 3.63) is 45.5 Å². The van der Waals surface area contributed by atoms with Crippen molar-refractivity contribution in [2.24, 2.45) is 0 Å². The molecule has 3 nitrogen and oxygen atoms in total. The fraction of sp³-hybridized carbons (Fsp3) is 0.500. The zero-order valence-corrected chi connectivity index (χ0v) is 13.4. The predicted octanol–water partition coefficient (Wildman–Crippen LogP) is 3.78. The van der Waals surface area contributed by atoms with Crippen molar-refractivity contribution in [1.82, 2.24) is 10.2 Å². The van der Waals surface area contributed by atoms with Gasteiger partial charge in [0.25, 0.3) is 0 Å². The standard InChI is InChI=1S/C16H24N2OS/c1-4-8-17-10-15-5-6-16(20-15)12-18(3)11-14-7-9-19-13(14)2/h5-7,9,17H,4,8,10-12H2,1-3H3. The Bertz CT molecular complexity index is 518. The molecule has 0 spiro atoms. The minimum absolute atomic E-state index is 0.934. The van der Waals surface area contributed by atoms with E-state index in [1.165, 1.54) is 21.7 Å². The number of hydrogen-bond donors (Lipinski definition) is 1. The van der Waals surface area contributed by atoms with Crippen molar-refractivity contribution in [3.8, 4) is 0 Å². The molecule has 0 saturated carbocycles. The Morgan fingerprint density at radius 1 is 1.20 bits per heavy atom. The average Bonchev–Trinajstić information content (AvgIpc) is 3.00. The van der Waals surface area contributed by atoms with E-state index in [2.05, 4.69) is 42.4 Å². The first-order chi connectivity index (χ1) is 9.69. The predicted molar refractivity (Wildman–Crippen MR) is 84.9 cm³/mol. The molecule has 0 atom stereocenters. The average molecular weight is 292 g/mol. The summed E-state index contributed by atoms with van der Waals surface area (Å²) < 4.78 is 5.34. The van der Waals surface area contributed by atoms with Gasteiger partial charge in [0, 0.05) is 35.0 Å². The maximum atomic E-state index is 5.34. The zero-order chi connectivity index (χ0) is 14.4. The summed E-state index contributed by atoms with van der Waals surface area (Å²) in [4.78, 5) is 5.16. The molecule has 0 aromatic carbocycles. The van der Waals surface area contributed by atoms with Crippen LogP contribution in [0.2, 0.25) is 0 Å². The molecule has 0 unspecified atom stereocenters. The molecule has 0 fully saturated rings. The van der Waals surface area contributed by atoms with E-state index in [9.17, 15) is 0 Å². The van der Waals surface area contributed by atoms with Crippen molar-refractivity contribution in [2.45, 2.75) is 39.9 Å². The van der Waals surface area contributed by atoms with Gasteiger partial charge in [-0.05, 0) is 45.1 Å². The van der Waals surface area contributed by atoms with Gasteiger partial charge < -0.3 is 9.73 Å². The summed E-state index contributed by atoms with van der Waals surface area (Å²) in [7, 11) is 2.15. The van der Waals surface area contributed by atoms with Gasteiger partial charge in [0.05, 0.1) is 6.26 Å². The number of thiophene rings is 1. The van der Waals surface area contributed by atoms with E-state index in [-0.39, 0.29) is 0 Å². The van der Waals surface area contributed by atoms with E-state index < -0.39 is 0 Å². The highest BCUT2D eigenvalue weighted by atomic mass is 32.1. The van der Waals surface area contributed by atoms with Crippen LogP contribution >= 0.6 is 11.3 Å². The molecule has 1 N–H and O–H groups in total. The molecule has 0 saturated heterocycles. The Morgan fingerprint density at radius 3 is 2.70 bits per heavy atom. The molecule has 2 rings (SSSR count). The Kier molecular flexibility index (Phi) is 5.83. The molecule has 0 radical (unpaired) electrons. The third-order valence-corrected chi connectivity index (χ3v) is 4.35. The lowest BCUT2D eigenvalue weighted by Crippen LogP contribution is -2.16. The third-order valence-electron chi connectivity index (χ3n) is 3.28. The van der Waals surface area contributed by atoms with Gasteiger partial charge in [-0.2, -0.15) is 0 Å². The molecule has 2 aromatic rings. The van der Waals surface area contributed by atoms with Crippen LogP contribution in [0.25, 0.3) is 0 Å². The molecule has 110 valence electrons. The summed E-state index contributed by atoms with van der Waals surface area (Å²) in [6, 6.07) is 6.53. The second-order valence-corrected chi connectivity index (χ2v) is 6.47. The molecule has 0 bridgehead atoms. The summed E-state index contributed by atoms with van der Waals surface area (Å²) in [6.07, 6.45) is 2.95. The zero-order valence-electron chi connectivity index (χ0n) is 12.6. The van der Waals surface area contributed by atoms with Crippen LogP contribution in [0.4, 0.5) is 0 Å². The fourth-order valence-corrected chi connectivity index (χ4v) is 3.25. The molecule has 2 aromatic heterocycles. The van der Waals surface area contributed by atoms with Gasteiger partial charge in [0.2, 0.25) is 0 Å². The van der Waals surface area contributed by atoms with Crippen LogP contribution in [0.15, 0.2) is 28.9 Å². The lowest BCUT2D eigenvalue weighted by Gasteiger charge is -2.14. The molecule has 0 aliphatic carbocycles. The maximum Gasteiger partial charge on any atom is 0.105 e. The molecule has 0 aliphatic heterocycles. The number of aryl methyl sites for hydroxylation is 1. The second kappa shape index (κ2) is 7.62. The Hall–Kier alpha value is -1.10. The highest BCUT2D eigenvalue weighted by Gasteiger charge is 2.07. The summed E-state index contributed by atoms with van der Waals surface area (Å²) >= 11 is 1.90. The van der Waals surface area contributed by atoms with Gasteiger partial charge in [0.1, 0.15) is 5.76 Å². The number of nitrogens with zero attached hydrogens (tertiary/aromatic N) is 1. The Balaban J connectivity index is 1.82. The fourth-order valence-electron chi connectivity index (χ4n) is 2.18. The number of hydrogen-bond acceptors (Lipinski definition) is 4. The van der Waals surface area contributed by atoms with E-state index in [4.69, 9.17) is 4.42 Å². The van der Waals surface area contributed by atoms with Crippen LogP contribution in [-0.4, -0.2) is 18.5 Å². The van der Waals surface area contributed by atoms with Crippen LogP contribution in [0.5, 0.6) is 0 Å². The molecule has 4 heteroatoms. The van der Waals surface area contributed by atoms with E-state index in [0.29, 0.717) is 0 Å². The van der Waals surface area contributed by atoms with Crippen LogP contribution in [0, 0.1) is 6.92 Å². The summed E-state index contributed by atoms with van der Waals surface area (Å²) in [5.74, 6) is 1.02. The van der Waals surface area contributed by atoms with Crippen molar-refractivity contribution in [1.29, 1.82) is 0 Å². The molecule has 0 aliphatic rings. The van der Waals surface area contributed by atoms with Crippen molar-refractivity contribution in [3.63, 3.8) is 0 Å². The van der Waals surface area contributed by atoms with Crippen LogP contribution in [0.1, 0.15) is 34.4 Å². The van der Waals surface area contributed by atoms with E-state index in [1.807, 2.05) is 18.3 Å². The normalized spacial score (nSPS) is 11.4. The summed E-state index contributed by atoms with van der Waals surface area (Å²) in [5, 5.41) is 3.45. The van der Waals surface area contributed by atoms with Crippen LogP contribution < -0.4 is 5.32 Å². The molecular weight excluding hydrogens is 268 g/mol. The summed E-state index contributed by atoms with van der Waals surface area (Å²) in [5.41, 5.74) is 1.27. The lowest BCUT2D eigenvalue weighted by atomic mass is 10.2. The number of nitrogens with one attached hydrogen (secondary N) is 1. The van der Waals surface area contributed by atoms with E-state index in [0.717, 1.165) is 31.9 Å². The van der Waals surface area contributed by atoms with Gasteiger partial charge in [-0.15, -0.1) is 11.3 Å². The van der Waals surface area contributed by atoms with E-state index >= 15 is 0 Å². The smallest absolute Gasteiger partial charge is 0.105 e. The highest BCUT2D eigenvalue weighted by molar-refractivity contribution is 7.11. The Morgan fingerprint density at radius 2 is 2.00 bits per heavy atom. The SMILES string of the molecule is CCCNCc1ccc(CN(C)Cc2ccoc2C)s1. The second-order valence-electron chi connectivity index (χ2n) is 5.22. The van der Waals surface area contributed by atoms with Gasteiger partial charge in [-0.3, -0.25) is 4.90 Å². The molecule has 20 heavy (non-hydrogen) atoms. The van der Waals surface area contributed by atoms with Crippen LogP contribution in [0.3, 0.4) is 0 Å². The van der Waals surface area contributed by atoms with Gasteiger partial charge >= 0.3 is 0 Å². The topological polar surface area (TPSA) is 28.4 Å². The van der Waals surface area contributed by atoms with Crippen molar-refractivity contribution < 1.29 is 4.42 Å². The largest absolute Gasteiger partial charge is 0.469 e. The summed E-state index contributed by atoms with van der Waals surface area (Å²) in [6.45, 7) is 8.22. The quantitative estimate of drug-likeness (QED) is 0.751. The molecule has 2 heterocycles. The first kappa shape index (κ1) is 15.3. The van der Waals surface area contributed by atoms with Gasteiger partial charge in [-0.1, -0.05) is 6.92 Å². The van der Waals surface area contributed by atoms with Gasteiger partial charge in [-0.25, -0.2) is 0 Å². The van der Waals surface area contributed by atoms with Crippen LogP contribution in [-0.2, 0) is 19.6 Å². The molecular formula is C16H24N2OS. The first-order valence-corrected chi connectivity index (χ1v) is 8.00. The van der Waals surface area contributed by atoms with E-state index in [1.54, 1.807) is 6.26 Å². The third kappa shape index (κ3) is 4.47. The van der Waals surface area contributed by atoms with Crippen molar-refractivity contribution in [2.75, 3.05) is 13.6 Å². The highest BCUT2D eigenvalue weighted by Crippen LogP contribution is 2.19. The minimum Gasteiger partial charge on any atom is -0.469 e. The number of furan rings is 1. The minimum atomic E-state index is 0.934. The lowest BCUT2D eigenvalue weighted by molar-refractivity contribution is 0.319. The maximum absolute atomic E-state index is 5.34. The Labute approximate surface area is 125 Å². The molecule has 0 amide bonds.